The van der Waals surface area contributed by atoms with E-state index >= 15 is 0 Å². The Morgan fingerprint density at radius 1 is 1.14 bits per heavy atom. The van der Waals surface area contributed by atoms with Gasteiger partial charge in [-0.25, -0.2) is 0 Å². The van der Waals surface area contributed by atoms with Gasteiger partial charge in [-0.1, -0.05) is 29.4 Å². The highest BCUT2D eigenvalue weighted by Crippen LogP contribution is 2.35. The molecule has 0 aliphatic heterocycles. The molecular formula is C17H13N3O2. The van der Waals surface area contributed by atoms with Gasteiger partial charge in [-0.2, -0.15) is 0 Å². The molecule has 2 heterocycles. The molecule has 1 aliphatic carbocycles. The summed E-state index contributed by atoms with van der Waals surface area (Å²) < 4.78 is 5.45. The number of fused-ring (bicyclic) bond motifs is 3. The molecule has 1 aliphatic rings. The average molecular weight is 291 g/mol. The van der Waals surface area contributed by atoms with E-state index in [9.17, 15) is 4.79 Å². The van der Waals surface area contributed by atoms with Gasteiger partial charge in [0, 0.05) is 17.3 Å². The van der Waals surface area contributed by atoms with E-state index in [1.54, 1.807) is 24.5 Å². The van der Waals surface area contributed by atoms with E-state index in [4.69, 9.17) is 4.52 Å². The molecule has 1 N–H and O–H groups in total. The number of nitrogens with one attached hydrogen (secondary N) is 1. The molecule has 1 aromatic carbocycles. The Kier molecular flexibility index (Phi) is 2.96. The summed E-state index contributed by atoms with van der Waals surface area (Å²) in [5.74, 6) is 0.440. The number of aromatic nitrogens is 2. The highest BCUT2D eigenvalue weighted by atomic mass is 16.5. The molecule has 0 saturated heterocycles. The van der Waals surface area contributed by atoms with E-state index in [1.165, 1.54) is 5.56 Å². The van der Waals surface area contributed by atoms with E-state index in [-0.39, 0.29) is 5.91 Å². The van der Waals surface area contributed by atoms with Gasteiger partial charge in [-0.15, -0.1) is 0 Å². The van der Waals surface area contributed by atoms with Crippen LogP contribution in [0.1, 0.15) is 21.6 Å². The zero-order valence-electron chi connectivity index (χ0n) is 11.7. The van der Waals surface area contributed by atoms with Crippen molar-refractivity contribution in [3.63, 3.8) is 0 Å². The summed E-state index contributed by atoms with van der Waals surface area (Å²) >= 11 is 0. The Hall–Kier alpha value is -2.95. The van der Waals surface area contributed by atoms with Crippen LogP contribution in [-0.4, -0.2) is 16.0 Å². The number of hydrogen-bond donors (Lipinski definition) is 1. The van der Waals surface area contributed by atoms with Crippen LogP contribution in [0.3, 0.4) is 0 Å². The second-order valence-electron chi connectivity index (χ2n) is 5.19. The number of carbonyl (C=O) groups excluding carboxylic acids is 1. The van der Waals surface area contributed by atoms with E-state index < -0.39 is 0 Å². The van der Waals surface area contributed by atoms with Crippen molar-refractivity contribution in [3.8, 4) is 11.3 Å². The minimum atomic E-state index is -0.266. The first kappa shape index (κ1) is 12.8. The molecule has 1 amide bonds. The predicted molar refractivity (Wildman–Crippen MR) is 81.5 cm³/mol. The summed E-state index contributed by atoms with van der Waals surface area (Å²) in [5.41, 5.74) is 4.12. The molecule has 0 radical (unpaired) electrons. The second-order valence-corrected chi connectivity index (χ2v) is 5.19. The number of rotatable bonds is 2. The maximum Gasteiger partial charge on any atom is 0.278 e. The Balaban J connectivity index is 1.69. The third-order valence-corrected chi connectivity index (χ3v) is 3.83. The summed E-state index contributed by atoms with van der Waals surface area (Å²) in [5, 5.41) is 6.78. The molecule has 0 saturated carbocycles. The fraction of sp³-hybridized carbons (Fsp3) is 0.118. The number of pyridine rings is 1. The lowest BCUT2D eigenvalue weighted by Crippen LogP contribution is -2.15. The zero-order chi connectivity index (χ0) is 14.9. The monoisotopic (exact) mass is 291 g/mol. The maximum absolute atomic E-state index is 12.4. The number of anilines is 1. The second kappa shape index (κ2) is 5.11. The topological polar surface area (TPSA) is 68.0 Å². The van der Waals surface area contributed by atoms with Gasteiger partial charge in [-0.05, 0) is 30.5 Å². The van der Waals surface area contributed by atoms with Crippen LogP contribution >= 0.6 is 0 Å². The van der Waals surface area contributed by atoms with Gasteiger partial charge in [0.15, 0.2) is 11.5 Å². The average Bonchev–Trinajstić information content (AvgIpc) is 3.00. The minimum Gasteiger partial charge on any atom is -0.355 e. The summed E-state index contributed by atoms with van der Waals surface area (Å²) in [4.78, 5) is 16.4. The SMILES string of the molecule is O=C(Nc1cccnc1)c1noc2c1CCc1ccccc1-2. The fourth-order valence-corrected chi connectivity index (χ4v) is 2.78. The van der Waals surface area contributed by atoms with Crippen LogP contribution in [0, 0.1) is 0 Å². The summed E-state index contributed by atoms with van der Waals surface area (Å²) in [7, 11) is 0. The molecule has 0 unspecified atom stereocenters. The van der Waals surface area contributed by atoms with Crippen molar-refractivity contribution < 1.29 is 9.32 Å². The Morgan fingerprint density at radius 3 is 2.91 bits per heavy atom. The van der Waals surface area contributed by atoms with Crippen LogP contribution < -0.4 is 5.32 Å². The standard InChI is InChI=1S/C17H13N3O2/c21-17(19-12-5-3-9-18-10-12)15-14-8-7-11-4-1-2-6-13(11)16(14)22-20-15/h1-6,9-10H,7-8H2,(H,19,21). The molecule has 22 heavy (non-hydrogen) atoms. The number of nitrogens with zero attached hydrogens (tertiary/aromatic N) is 2. The van der Waals surface area contributed by atoms with Gasteiger partial charge in [0.2, 0.25) is 0 Å². The first-order valence-corrected chi connectivity index (χ1v) is 7.11. The van der Waals surface area contributed by atoms with Crippen molar-refractivity contribution in [2.45, 2.75) is 12.8 Å². The van der Waals surface area contributed by atoms with E-state index in [0.29, 0.717) is 17.1 Å². The van der Waals surface area contributed by atoms with Gasteiger partial charge in [-0.3, -0.25) is 9.78 Å². The van der Waals surface area contributed by atoms with Crippen molar-refractivity contribution in [3.05, 3.63) is 65.6 Å². The van der Waals surface area contributed by atoms with Gasteiger partial charge in [0.1, 0.15) is 0 Å². The number of aryl methyl sites for hydroxylation is 1. The van der Waals surface area contributed by atoms with E-state index in [1.807, 2.05) is 18.2 Å². The third-order valence-electron chi connectivity index (χ3n) is 3.83. The molecule has 0 bridgehead atoms. The molecule has 5 heteroatoms. The molecule has 108 valence electrons. The lowest BCUT2D eigenvalue weighted by Gasteiger charge is -2.14. The Labute approximate surface area is 127 Å². The summed E-state index contributed by atoms with van der Waals surface area (Å²) in [6.45, 7) is 0. The molecule has 0 atom stereocenters. The number of carbonyl (C=O) groups is 1. The Morgan fingerprint density at radius 2 is 2.05 bits per heavy atom. The van der Waals surface area contributed by atoms with Crippen molar-refractivity contribution in [1.29, 1.82) is 0 Å². The minimum absolute atomic E-state index is 0.266. The lowest BCUT2D eigenvalue weighted by atomic mass is 9.89. The number of hydrogen-bond acceptors (Lipinski definition) is 4. The van der Waals surface area contributed by atoms with Crippen LogP contribution in [0.2, 0.25) is 0 Å². The van der Waals surface area contributed by atoms with Crippen molar-refractivity contribution >= 4 is 11.6 Å². The number of benzene rings is 1. The fourth-order valence-electron chi connectivity index (χ4n) is 2.78. The molecule has 3 aromatic rings. The number of amides is 1. The maximum atomic E-state index is 12.4. The normalized spacial score (nSPS) is 12.4. The van der Waals surface area contributed by atoms with Crippen LogP contribution in [0.4, 0.5) is 5.69 Å². The lowest BCUT2D eigenvalue weighted by molar-refractivity contribution is 0.101. The molecule has 2 aromatic heterocycles. The van der Waals surface area contributed by atoms with E-state index in [0.717, 1.165) is 24.0 Å². The highest BCUT2D eigenvalue weighted by Gasteiger charge is 2.27. The van der Waals surface area contributed by atoms with Crippen molar-refractivity contribution in [2.75, 3.05) is 5.32 Å². The van der Waals surface area contributed by atoms with Crippen LogP contribution in [0.5, 0.6) is 0 Å². The highest BCUT2D eigenvalue weighted by molar-refractivity contribution is 6.04. The van der Waals surface area contributed by atoms with Crippen molar-refractivity contribution in [2.24, 2.45) is 0 Å². The van der Waals surface area contributed by atoms with Gasteiger partial charge in [0.25, 0.3) is 5.91 Å². The van der Waals surface area contributed by atoms with Gasteiger partial charge < -0.3 is 9.84 Å². The molecular weight excluding hydrogens is 278 g/mol. The predicted octanol–water partition coefficient (Wildman–Crippen LogP) is 3.09. The van der Waals surface area contributed by atoms with Gasteiger partial charge in [0.05, 0.1) is 11.9 Å². The summed E-state index contributed by atoms with van der Waals surface area (Å²) in [6.07, 6.45) is 4.90. The van der Waals surface area contributed by atoms with E-state index in [2.05, 4.69) is 21.5 Å². The van der Waals surface area contributed by atoms with Crippen LogP contribution in [0.15, 0.2) is 53.3 Å². The third kappa shape index (κ3) is 2.07. The smallest absolute Gasteiger partial charge is 0.278 e. The summed E-state index contributed by atoms with van der Waals surface area (Å²) in [6, 6.07) is 11.6. The van der Waals surface area contributed by atoms with Crippen LogP contribution in [-0.2, 0) is 12.8 Å². The molecule has 5 nitrogen and oxygen atoms in total. The first-order valence-electron chi connectivity index (χ1n) is 7.11. The Bertz CT molecular complexity index is 840. The molecule has 0 fully saturated rings. The largest absolute Gasteiger partial charge is 0.355 e. The van der Waals surface area contributed by atoms with Crippen LogP contribution in [0.25, 0.3) is 11.3 Å². The van der Waals surface area contributed by atoms with Gasteiger partial charge >= 0.3 is 0 Å². The first-order chi connectivity index (χ1) is 10.8. The quantitative estimate of drug-likeness (QED) is 0.787. The van der Waals surface area contributed by atoms with Crippen molar-refractivity contribution in [1.82, 2.24) is 10.1 Å². The molecule has 0 spiro atoms. The zero-order valence-corrected chi connectivity index (χ0v) is 11.7. The molecule has 4 rings (SSSR count).